The molecular formula is C22H26ClN3O2. The highest BCUT2D eigenvalue weighted by Crippen LogP contribution is 2.28. The molecule has 2 amide bonds. The van der Waals surface area contributed by atoms with Crippen molar-refractivity contribution in [3.63, 3.8) is 0 Å². The van der Waals surface area contributed by atoms with Gasteiger partial charge in [0.25, 0.3) is 0 Å². The summed E-state index contributed by atoms with van der Waals surface area (Å²) in [5.41, 5.74) is 4.01. The molecule has 1 fully saturated rings. The number of nitrogens with zero attached hydrogens (tertiary/aromatic N) is 1. The lowest BCUT2D eigenvalue weighted by Crippen LogP contribution is -2.30. The fourth-order valence-electron chi connectivity index (χ4n) is 3.94. The molecule has 1 saturated heterocycles. The van der Waals surface area contributed by atoms with Crippen molar-refractivity contribution in [3.05, 3.63) is 59.7 Å². The number of halogens is 1. The summed E-state index contributed by atoms with van der Waals surface area (Å²) >= 11 is 0. The van der Waals surface area contributed by atoms with Crippen LogP contribution in [0.25, 0.3) is 0 Å². The monoisotopic (exact) mass is 399 g/mol. The van der Waals surface area contributed by atoms with Gasteiger partial charge in [-0.15, -0.1) is 12.4 Å². The molecule has 2 aromatic rings. The smallest absolute Gasteiger partial charge is 0.231 e. The average molecular weight is 400 g/mol. The Morgan fingerprint density at radius 1 is 1.11 bits per heavy atom. The average Bonchev–Trinajstić information content (AvgIpc) is 3.32. The molecule has 0 spiro atoms. The van der Waals surface area contributed by atoms with Gasteiger partial charge in [-0.1, -0.05) is 30.3 Å². The molecular weight excluding hydrogens is 374 g/mol. The second-order valence-electron chi connectivity index (χ2n) is 7.34. The minimum atomic E-state index is 0. The van der Waals surface area contributed by atoms with Crippen LogP contribution in [0, 0.1) is 0 Å². The molecule has 6 heteroatoms. The quantitative estimate of drug-likeness (QED) is 0.810. The van der Waals surface area contributed by atoms with E-state index in [0.717, 1.165) is 49.3 Å². The molecule has 28 heavy (non-hydrogen) atoms. The number of fused-ring (bicyclic) bond motifs is 1. The summed E-state index contributed by atoms with van der Waals surface area (Å²) in [4.78, 5) is 26.7. The molecule has 0 aromatic heterocycles. The Bertz CT molecular complexity index is 832. The van der Waals surface area contributed by atoms with Crippen LogP contribution in [-0.2, 0) is 22.4 Å². The second-order valence-corrected chi connectivity index (χ2v) is 7.34. The zero-order valence-electron chi connectivity index (χ0n) is 15.8. The van der Waals surface area contributed by atoms with E-state index in [4.69, 9.17) is 0 Å². The molecule has 2 aliphatic rings. The van der Waals surface area contributed by atoms with Gasteiger partial charge in [-0.2, -0.15) is 0 Å². The van der Waals surface area contributed by atoms with Gasteiger partial charge in [-0.3, -0.25) is 9.59 Å². The van der Waals surface area contributed by atoms with Crippen molar-refractivity contribution in [2.24, 2.45) is 0 Å². The van der Waals surface area contributed by atoms with Crippen LogP contribution < -0.4 is 15.5 Å². The summed E-state index contributed by atoms with van der Waals surface area (Å²) < 4.78 is 0. The van der Waals surface area contributed by atoms with E-state index in [1.54, 1.807) is 0 Å². The molecule has 1 unspecified atom stereocenters. The Kier molecular flexibility index (Phi) is 6.70. The summed E-state index contributed by atoms with van der Waals surface area (Å²) in [5, 5.41) is 6.28. The Morgan fingerprint density at radius 3 is 2.64 bits per heavy atom. The minimum Gasteiger partial charge on any atom is -0.326 e. The Balaban J connectivity index is 0.00000225. The maximum absolute atomic E-state index is 12.7. The molecule has 2 heterocycles. The maximum atomic E-state index is 12.7. The molecule has 1 atom stereocenters. The van der Waals surface area contributed by atoms with Crippen molar-refractivity contribution < 1.29 is 9.59 Å². The van der Waals surface area contributed by atoms with Gasteiger partial charge in [0, 0.05) is 30.4 Å². The third-order valence-electron chi connectivity index (χ3n) is 5.38. The van der Waals surface area contributed by atoms with Crippen LogP contribution in [0.1, 0.15) is 30.4 Å². The van der Waals surface area contributed by atoms with E-state index in [2.05, 4.69) is 16.7 Å². The van der Waals surface area contributed by atoms with E-state index in [9.17, 15) is 9.59 Å². The highest BCUT2D eigenvalue weighted by atomic mass is 35.5. The van der Waals surface area contributed by atoms with E-state index in [1.807, 2.05) is 47.4 Å². The van der Waals surface area contributed by atoms with E-state index >= 15 is 0 Å². The molecule has 2 N–H and O–H groups in total. The summed E-state index contributed by atoms with van der Waals surface area (Å²) in [6, 6.07) is 16.0. The number of carbonyl (C=O) groups is 2. The number of hydrogen-bond acceptors (Lipinski definition) is 3. The number of benzene rings is 2. The zero-order valence-corrected chi connectivity index (χ0v) is 16.6. The first-order valence-corrected chi connectivity index (χ1v) is 9.69. The highest BCUT2D eigenvalue weighted by Gasteiger charge is 2.24. The summed E-state index contributed by atoms with van der Waals surface area (Å²) in [6.45, 7) is 1.75. The van der Waals surface area contributed by atoms with Crippen molar-refractivity contribution in [3.8, 4) is 0 Å². The zero-order chi connectivity index (χ0) is 18.6. The predicted molar refractivity (Wildman–Crippen MR) is 114 cm³/mol. The van der Waals surface area contributed by atoms with Crippen LogP contribution >= 0.6 is 12.4 Å². The molecule has 2 aromatic carbocycles. The normalized spacial score (nSPS) is 17.7. The van der Waals surface area contributed by atoms with E-state index in [0.29, 0.717) is 18.9 Å². The van der Waals surface area contributed by atoms with Crippen molar-refractivity contribution in [1.29, 1.82) is 0 Å². The fourth-order valence-corrected chi connectivity index (χ4v) is 3.94. The highest BCUT2D eigenvalue weighted by molar-refractivity contribution is 5.97. The number of hydrogen-bond donors (Lipinski definition) is 2. The minimum absolute atomic E-state index is 0. The van der Waals surface area contributed by atoms with Crippen molar-refractivity contribution in [2.75, 3.05) is 23.3 Å². The summed E-state index contributed by atoms with van der Waals surface area (Å²) in [6.07, 6.45) is 4.00. The largest absolute Gasteiger partial charge is 0.326 e. The van der Waals surface area contributed by atoms with Gasteiger partial charge >= 0.3 is 0 Å². The Morgan fingerprint density at radius 2 is 1.89 bits per heavy atom. The molecule has 0 bridgehead atoms. The SMILES string of the molecule is Cl.O=C(CC1CCCN1)Nc1ccc(CC(=O)N2CCc3ccccc32)cc1. The Hall–Kier alpha value is -2.37. The maximum Gasteiger partial charge on any atom is 0.231 e. The number of nitrogens with one attached hydrogen (secondary N) is 2. The molecule has 4 rings (SSSR count). The lowest BCUT2D eigenvalue weighted by Gasteiger charge is -2.17. The number of rotatable bonds is 5. The van der Waals surface area contributed by atoms with Crippen LogP contribution in [0.3, 0.4) is 0 Å². The van der Waals surface area contributed by atoms with Gasteiger partial charge in [-0.25, -0.2) is 0 Å². The van der Waals surface area contributed by atoms with Crippen LogP contribution in [0.4, 0.5) is 11.4 Å². The van der Waals surface area contributed by atoms with Crippen LogP contribution in [0.5, 0.6) is 0 Å². The third kappa shape index (κ3) is 4.72. The van der Waals surface area contributed by atoms with Gasteiger partial charge in [-0.05, 0) is 55.1 Å². The molecule has 0 saturated carbocycles. The van der Waals surface area contributed by atoms with Gasteiger partial charge in [0.1, 0.15) is 0 Å². The Labute approximate surface area is 171 Å². The first kappa shape index (κ1) is 20.4. The lowest BCUT2D eigenvalue weighted by atomic mass is 10.1. The number of carbonyl (C=O) groups excluding carboxylic acids is 2. The van der Waals surface area contributed by atoms with Crippen LogP contribution in [0.2, 0.25) is 0 Å². The third-order valence-corrected chi connectivity index (χ3v) is 5.38. The number of amides is 2. The van der Waals surface area contributed by atoms with Gasteiger partial charge in [0.15, 0.2) is 0 Å². The molecule has 2 aliphatic heterocycles. The van der Waals surface area contributed by atoms with Gasteiger partial charge in [0.2, 0.25) is 11.8 Å². The molecule has 0 aliphatic carbocycles. The summed E-state index contributed by atoms with van der Waals surface area (Å²) in [5.74, 6) is 0.149. The molecule has 5 nitrogen and oxygen atoms in total. The standard InChI is InChI=1S/C22H25N3O2.ClH/c26-21(15-19-5-3-12-23-19)24-18-9-7-16(8-10-18)14-22(27)25-13-11-17-4-1-2-6-20(17)25;/h1-2,4,6-10,19,23H,3,5,11-15H2,(H,24,26);1H. The van der Waals surface area contributed by atoms with Gasteiger partial charge in [0.05, 0.1) is 6.42 Å². The molecule has 148 valence electrons. The van der Waals surface area contributed by atoms with E-state index < -0.39 is 0 Å². The van der Waals surface area contributed by atoms with Gasteiger partial charge < -0.3 is 15.5 Å². The van der Waals surface area contributed by atoms with Crippen LogP contribution in [-0.4, -0.2) is 30.9 Å². The van der Waals surface area contributed by atoms with Crippen molar-refractivity contribution in [1.82, 2.24) is 5.32 Å². The first-order valence-electron chi connectivity index (χ1n) is 9.69. The molecule has 0 radical (unpaired) electrons. The van der Waals surface area contributed by atoms with E-state index in [-0.39, 0.29) is 24.2 Å². The number of para-hydroxylation sites is 1. The van der Waals surface area contributed by atoms with E-state index in [1.165, 1.54) is 5.56 Å². The lowest BCUT2D eigenvalue weighted by molar-refractivity contribution is -0.118. The number of anilines is 2. The summed E-state index contributed by atoms with van der Waals surface area (Å²) in [7, 11) is 0. The fraction of sp³-hybridized carbons (Fsp3) is 0.364. The van der Waals surface area contributed by atoms with Crippen molar-refractivity contribution >= 4 is 35.6 Å². The van der Waals surface area contributed by atoms with Crippen LogP contribution in [0.15, 0.2) is 48.5 Å². The predicted octanol–water partition coefficient (Wildman–Crippen LogP) is 3.32. The topological polar surface area (TPSA) is 61.4 Å². The van der Waals surface area contributed by atoms with Crippen molar-refractivity contribution in [2.45, 2.75) is 38.1 Å². The second kappa shape index (κ2) is 9.22. The first-order chi connectivity index (χ1) is 13.2.